The molecule has 6 heteroatoms. The molecule has 0 fully saturated rings. The van der Waals surface area contributed by atoms with E-state index >= 15 is 0 Å². The van der Waals surface area contributed by atoms with Crippen LogP contribution in [0.4, 0.5) is 5.69 Å². The Labute approximate surface area is 117 Å². The number of carbonyl (C=O) groups is 1. The second-order valence-electron chi connectivity index (χ2n) is 3.21. The first-order valence-corrected chi connectivity index (χ1v) is 6.14. The van der Waals surface area contributed by atoms with Gasteiger partial charge in [0, 0.05) is 21.0 Å². The van der Waals surface area contributed by atoms with Crippen molar-refractivity contribution in [1.29, 1.82) is 0 Å². The lowest BCUT2D eigenvalue weighted by Crippen LogP contribution is -2.13. The minimum Gasteiger partial charge on any atom is -0.321 e. The molecule has 17 heavy (non-hydrogen) atoms. The highest BCUT2D eigenvalue weighted by atomic mass is 127. The molecule has 4 nitrogen and oxygen atoms in total. The summed E-state index contributed by atoms with van der Waals surface area (Å²) in [7, 11) is 0. The van der Waals surface area contributed by atoms with Gasteiger partial charge < -0.3 is 5.32 Å². The number of anilines is 1. The lowest BCUT2D eigenvalue weighted by Gasteiger charge is -2.07. The smallest absolute Gasteiger partial charge is 0.258 e. The van der Waals surface area contributed by atoms with Gasteiger partial charge in [-0.25, -0.2) is 9.97 Å². The fourth-order valence-electron chi connectivity index (χ4n) is 1.20. The van der Waals surface area contributed by atoms with E-state index in [0.717, 1.165) is 3.57 Å². The van der Waals surface area contributed by atoms with E-state index < -0.39 is 0 Å². The molecule has 0 saturated heterocycles. The monoisotopic (exact) mass is 359 g/mol. The van der Waals surface area contributed by atoms with Crippen molar-refractivity contribution in [2.75, 3.05) is 5.32 Å². The van der Waals surface area contributed by atoms with Crippen molar-refractivity contribution in [3.63, 3.8) is 0 Å². The minimum absolute atomic E-state index is 0.245. The van der Waals surface area contributed by atoms with E-state index in [1.54, 1.807) is 18.2 Å². The molecular formula is C11H7ClIN3O. The third-order valence-corrected chi connectivity index (χ3v) is 3.13. The van der Waals surface area contributed by atoms with Crippen LogP contribution < -0.4 is 5.32 Å². The number of amides is 1. The zero-order valence-electron chi connectivity index (χ0n) is 8.52. The topological polar surface area (TPSA) is 54.9 Å². The second-order valence-corrected chi connectivity index (χ2v) is 4.80. The Balaban J connectivity index is 2.19. The van der Waals surface area contributed by atoms with Crippen LogP contribution in [0.3, 0.4) is 0 Å². The largest absolute Gasteiger partial charge is 0.321 e. The van der Waals surface area contributed by atoms with E-state index in [0.29, 0.717) is 16.3 Å². The van der Waals surface area contributed by atoms with Crippen LogP contribution in [-0.2, 0) is 0 Å². The summed E-state index contributed by atoms with van der Waals surface area (Å²) in [6.07, 6.45) is 4.30. The van der Waals surface area contributed by atoms with Gasteiger partial charge in [-0.2, -0.15) is 0 Å². The van der Waals surface area contributed by atoms with Crippen molar-refractivity contribution in [3.05, 3.63) is 51.1 Å². The highest BCUT2D eigenvalue weighted by molar-refractivity contribution is 14.1. The van der Waals surface area contributed by atoms with Gasteiger partial charge >= 0.3 is 0 Å². The van der Waals surface area contributed by atoms with Crippen molar-refractivity contribution < 1.29 is 4.79 Å². The second kappa shape index (κ2) is 5.42. The Morgan fingerprint density at radius 2 is 2.00 bits per heavy atom. The van der Waals surface area contributed by atoms with E-state index in [1.165, 1.54) is 18.7 Å². The van der Waals surface area contributed by atoms with Crippen LogP contribution in [0.2, 0.25) is 5.02 Å². The quantitative estimate of drug-likeness (QED) is 0.839. The summed E-state index contributed by atoms with van der Waals surface area (Å²) in [5.41, 5.74) is 1.13. The standard InChI is InChI=1S/C11H7ClIN3O/c12-8-1-2-10(9(13)3-8)16-11(17)7-4-14-6-15-5-7/h1-6H,(H,16,17). The summed E-state index contributed by atoms with van der Waals surface area (Å²) in [5, 5.41) is 3.40. The molecule has 1 aromatic heterocycles. The van der Waals surface area contributed by atoms with Crippen molar-refractivity contribution in [3.8, 4) is 0 Å². The molecule has 2 rings (SSSR count). The number of nitrogens with zero attached hydrogens (tertiary/aromatic N) is 2. The molecule has 1 heterocycles. The number of benzene rings is 1. The maximum atomic E-state index is 11.8. The Morgan fingerprint density at radius 1 is 1.29 bits per heavy atom. The molecule has 86 valence electrons. The molecule has 0 aliphatic heterocycles. The van der Waals surface area contributed by atoms with Gasteiger partial charge in [0.15, 0.2) is 0 Å². The summed E-state index contributed by atoms with van der Waals surface area (Å²) in [6, 6.07) is 5.26. The number of nitrogens with one attached hydrogen (secondary N) is 1. The fourth-order valence-corrected chi connectivity index (χ4v) is 2.21. The van der Waals surface area contributed by atoms with Crippen LogP contribution in [0.25, 0.3) is 0 Å². The average molecular weight is 360 g/mol. The van der Waals surface area contributed by atoms with Crippen LogP contribution >= 0.6 is 34.2 Å². The highest BCUT2D eigenvalue weighted by Gasteiger charge is 2.08. The van der Waals surface area contributed by atoms with E-state index in [1.807, 2.05) is 0 Å². The maximum Gasteiger partial charge on any atom is 0.258 e. The lowest BCUT2D eigenvalue weighted by molar-refractivity contribution is 0.102. The van der Waals surface area contributed by atoms with Crippen LogP contribution in [0, 0.1) is 3.57 Å². The Bertz CT molecular complexity index is 548. The average Bonchev–Trinajstić information content (AvgIpc) is 2.34. The maximum absolute atomic E-state index is 11.8. The van der Waals surface area contributed by atoms with Gasteiger partial charge in [-0.05, 0) is 40.8 Å². The Hall–Kier alpha value is -1.21. The van der Waals surface area contributed by atoms with E-state index in [4.69, 9.17) is 11.6 Å². The molecule has 1 N–H and O–H groups in total. The molecule has 1 amide bonds. The molecule has 2 aromatic rings. The number of hydrogen-bond acceptors (Lipinski definition) is 3. The predicted molar refractivity (Wildman–Crippen MR) is 74.2 cm³/mol. The van der Waals surface area contributed by atoms with Gasteiger partial charge in [0.1, 0.15) is 6.33 Å². The lowest BCUT2D eigenvalue weighted by atomic mass is 10.3. The van der Waals surface area contributed by atoms with Crippen LogP contribution in [0.15, 0.2) is 36.9 Å². The molecule has 0 aliphatic rings. The van der Waals surface area contributed by atoms with Crippen LogP contribution in [0.1, 0.15) is 10.4 Å². The Morgan fingerprint density at radius 3 is 2.65 bits per heavy atom. The fraction of sp³-hybridized carbons (Fsp3) is 0. The van der Waals surface area contributed by atoms with Crippen LogP contribution in [-0.4, -0.2) is 15.9 Å². The number of hydrogen-bond donors (Lipinski definition) is 1. The van der Waals surface area contributed by atoms with Gasteiger partial charge in [-0.3, -0.25) is 4.79 Å². The van der Waals surface area contributed by atoms with Gasteiger partial charge in [0.05, 0.1) is 11.3 Å². The van der Waals surface area contributed by atoms with Crippen LogP contribution in [0.5, 0.6) is 0 Å². The summed E-state index contributed by atoms with van der Waals surface area (Å²) in [5.74, 6) is -0.245. The predicted octanol–water partition coefficient (Wildman–Crippen LogP) is 2.99. The number of halogens is 2. The zero-order chi connectivity index (χ0) is 12.3. The Kier molecular flexibility index (Phi) is 3.90. The van der Waals surface area contributed by atoms with E-state index in [9.17, 15) is 4.79 Å². The third-order valence-electron chi connectivity index (χ3n) is 2.00. The van der Waals surface area contributed by atoms with Crippen molar-refractivity contribution in [1.82, 2.24) is 9.97 Å². The molecule has 0 saturated carbocycles. The summed E-state index contributed by atoms with van der Waals surface area (Å²) in [4.78, 5) is 19.4. The SMILES string of the molecule is O=C(Nc1ccc(Cl)cc1I)c1cncnc1. The number of rotatable bonds is 2. The van der Waals surface area contributed by atoms with Crippen molar-refractivity contribution in [2.24, 2.45) is 0 Å². The van der Waals surface area contributed by atoms with Gasteiger partial charge in [-0.15, -0.1) is 0 Å². The first kappa shape index (κ1) is 12.3. The minimum atomic E-state index is -0.245. The third kappa shape index (κ3) is 3.13. The van der Waals surface area contributed by atoms with E-state index in [2.05, 4.69) is 37.9 Å². The van der Waals surface area contributed by atoms with Gasteiger partial charge in [-0.1, -0.05) is 11.6 Å². The molecule has 1 aromatic carbocycles. The van der Waals surface area contributed by atoms with E-state index in [-0.39, 0.29) is 5.91 Å². The van der Waals surface area contributed by atoms with Gasteiger partial charge in [0.2, 0.25) is 0 Å². The molecular weight excluding hydrogens is 352 g/mol. The molecule has 0 aliphatic carbocycles. The van der Waals surface area contributed by atoms with Crippen molar-refractivity contribution >= 4 is 45.8 Å². The van der Waals surface area contributed by atoms with Crippen molar-refractivity contribution in [2.45, 2.75) is 0 Å². The molecule has 0 unspecified atom stereocenters. The molecule has 0 bridgehead atoms. The zero-order valence-corrected chi connectivity index (χ0v) is 11.4. The summed E-state index contributed by atoms with van der Waals surface area (Å²) < 4.78 is 0.875. The van der Waals surface area contributed by atoms with Gasteiger partial charge in [0.25, 0.3) is 5.91 Å². The normalized spacial score (nSPS) is 10.0. The summed E-state index contributed by atoms with van der Waals surface area (Å²) in [6.45, 7) is 0. The molecule has 0 spiro atoms. The number of carbonyl (C=O) groups excluding carboxylic acids is 1. The molecule has 0 atom stereocenters. The first-order chi connectivity index (χ1) is 8.16. The summed E-state index contributed by atoms with van der Waals surface area (Å²) >= 11 is 7.94. The molecule has 0 radical (unpaired) electrons. The first-order valence-electron chi connectivity index (χ1n) is 4.68. The highest BCUT2D eigenvalue weighted by Crippen LogP contribution is 2.22. The number of aromatic nitrogens is 2.